The number of hydrogen-bond acceptors (Lipinski definition) is 1. The molecule has 0 aromatic carbocycles. The summed E-state index contributed by atoms with van der Waals surface area (Å²) >= 11 is 0. The zero-order chi connectivity index (χ0) is 8.39. The monoisotopic (exact) mass is 198 g/mol. The molecule has 0 radical (unpaired) electrons. The summed E-state index contributed by atoms with van der Waals surface area (Å²) in [6.07, 6.45) is 7.02. The Morgan fingerprint density at radius 2 is 2.42 bits per heavy atom. The number of hydrogen-bond donors (Lipinski definition) is 0. The fourth-order valence-corrected chi connectivity index (χ4v) is 3.84. The Morgan fingerprint density at radius 3 is 3.00 bits per heavy atom. The van der Waals surface area contributed by atoms with Crippen LogP contribution in [0, 0.1) is 5.92 Å². The molecule has 0 amide bonds. The Balaban J connectivity index is 1.81. The van der Waals surface area contributed by atoms with Crippen LogP contribution in [-0.2, 0) is 4.43 Å². The van der Waals surface area contributed by atoms with E-state index >= 15 is 0 Å². The van der Waals surface area contributed by atoms with Crippen molar-refractivity contribution in [1.29, 1.82) is 0 Å². The SMILES string of the molecule is [SiH3][SiH2]OCCC1=C2CCC(C1)C2. The zero-order valence-corrected chi connectivity index (χ0v) is 11.3. The van der Waals surface area contributed by atoms with Gasteiger partial charge in [-0.05, 0) is 38.0 Å². The number of allylic oxidation sites excluding steroid dienone is 1. The summed E-state index contributed by atoms with van der Waals surface area (Å²) < 4.78 is 5.57. The van der Waals surface area contributed by atoms with Gasteiger partial charge in [-0.1, -0.05) is 11.1 Å². The molecular formula is C9H18OSi2. The third-order valence-electron chi connectivity index (χ3n) is 3.18. The van der Waals surface area contributed by atoms with Gasteiger partial charge in [0.1, 0.15) is 9.28 Å². The quantitative estimate of drug-likeness (QED) is 0.358. The predicted molar refractivity (Wildman–Crippen MR) is 58.0 cm³/mol. The highest BCUT2D eigenvalue weighted by atomic mass is 29.1. The topological polar surface area (TPSA) is 9.23 Å². The zero-order valence-electron chi connectivity index (χ0n) is 7.94. The van der Waals surface area contributed by atoms with E-state index in [1.54, 1.807) is 11.1 Å². The van der Waals surface area contributed by atoms with Crippen LogP contribution < -0.4 is 0 Å². The fourth-order valence-electron chi connectivity index (χ4n) is 2.54. The van der Waals surface area contributed by atoms with Crippen molar-refractivity contribution < 1.29 is 4.43 Å². The Labute approximate surface area is 79.7 Å². The molecule has 1 unspecified atom stereocenters. The Morgan fingerprint density at radius 1 is 1.50 bits per heavy atom. The first-order valence-corrected chi connectivity index (χ1v) is 11.4. The molecule has 0 N–H and O–H groups in total. The van der Waals surface area contributed by atoms with E-state index in [1.165, 1.54) is 41.9 Å². The molecule has 1 atom stereocenters. The van der Waals surface area contributed by atoms with Crippen molar-refractivity contribution in [3.05, 3.63) is 11.1 Å². The van der Waals surface area contributed by atoms with Crippen LogP contribution in [0.5, 0.6) is 0 Å². The van der Waals surface area contributed by atoms with Gasteiger partial charge in [0.2, 0.25) is 0 Å². The van der Waals surface area contributed by atoms with Crippen molar-refractivity contribution in [2.24, 2.45) is 5.92 Å². The highest BCUT2D eigenvalue weighted by Gasteiger charge is 2.29. The molecule has 1 saturated carbocycles. The van der Waals surface area contributed by atoms with Crippen LogP contribution in [0.1, 0.15) is 32.1 Å². The molecule has 0 aromatic heterocycles. The molecule has 2 aliphatic carbocycles. The van der Waals surface area contributed by atoms with Crippen LogP contribution in [0.4, 0.5) is 0 Å². The molecule has 2 aliphatic rings. The third kappa shape index (κ3) is 1.73. The first kappa shape index (κ1) is 8.72. The summed E-state index contributed by atoms with van der Waals surface area (Å²) in [5.74, 6) is 1.04. The lowest BCUT2D eigenvalue weighted by Gasteiger charge is -2.11. The van der Waals surface area contributed by atoms with E-state index < -0.39 is 0 Å². The Hall–Kier alpha value is 0.134. The van der Waals surface area contributed by atoms with Crippen molar-refractivity contribution in [3.63, 3.8) is 0 Å². The second kappa shape index (κ2) is 3.89. The smallest absolute Gasteiger partial charge is 0.139 e. The second-order valence-corrected chi connectivity index (χ2v) is 6.68. The molecule has 0 spiro atoms. The average molecular weight is 198 g/mol. The van der Waals surface area contributed by atoms with Crippen LogP contribution in [-0.4, -0.2) is 25.6 Å². The lowest BCUT2D eigenvalue weighted by molar-refractivity contribution is 0.345. The molecule has 3 heteroatoms. The maximum Gasteiger partial charge on any atom is 0.139 e. The predicted octanol–water partition coefficient (Wildman–Crippen LogP) is 0.258. The van der Waals surface area contributed by atoms with Crippen LogP contribution >= 0.6 is 0 Å². The largest absolute Gasteiger partial charge is 0.428 e. The average Bonchev–Trinajstić information content (AvgIpc) is 2.65. The highest BCUT2D eigenvalue weighted by molar-refractivity contribution is 6.85. The minimum absolute atomic E-state index is 0.0196. The van der Waals surface area contributed by atoms with Crippen molar-refractivity contribution in [2.75, 3.05) is 6.61 Å². The van der Waals surface area contributed by atoms with Gasteiger partial charge in [-0.25, -0.2) is 0 Å². The van der Waals surface area contributed by atoms with Gasteiger partial charge in [0, 0.05) is 16.4 Å². The van der Waals surface area contributed by atoms with E-state index in [0.29, 0.717) is 0 Å². The number of fused-ring (bicyclic) bond motifs is 2. The van der Waals surface area contributed by atoms with Gasteiger partial charge in [-0.15, -0.1) is 0 Å². The lowest BCUT2D eigenvalue weighted by Crippen LogP contribution is -2.03. The molecule has 2 rings (SSSR count). The maximum absolute atomic E-state index is 5.57. The molecule has 12 heavy (non-hydrogen) atoms. The normalized spacial score (nSPS) is 28.5. The van der Waals surface area contributed by atoms with Gasteiger partial charge < -0.3 is 4.43 Å². The third-order valence-corrected chi connectivity index (χ3v) is 5.10. The van der Waals surface area contributed by atoms with Crippen molar-refractivity contribution >= 4 is 19.0 Å². The van der Waals surface area contributed by atoms with E-state index in [2.05, 4.69) is 0 Å². The molecule has 0 heterocycles. The standard InChI is InChI=1S/C9H18OSi2/c11-12-10-4-3-9-6-7-1-2-8(9)5-7/h7H,1-6,12H2,11H3. The first-order valence-electron chi connectivity index (χ1n) is 5.17. The lowest BCUT2D eigenvalue weighted by atomic mass is 9.97. The molecule has 0 aromatic rings. The minimum atomic E-state index is -0.0196. The number of rotatable bonds is 4. The summed E-state index contributed by atoms with van der Waals surface area (Å²) in [5, 5.41) is 0. The molecule has 1 nitrogen and oxygen atoms in total. The van der Waals surface area contributed by atoms with E-state index in [1.807, 2.05) is 0 Å². The maximum atomic E-state index is 5.57. The van der Waals surface area contributed by atoms with Crippen LogP contribution in [0.15, 0.2) is 11.1 Å². The van der Waals surface area contributed by atoms with Gasteiger partial charge in [-0.2, -0.15) is 0 Å². The van der Waals surface area contributed by atoms with Gasteiger partial charge in [0.25, 0.3) is 0 Å². The molecule has 1 fully saturated rings. The fraction of sp³-hybridized carbons (Fsp3) is 0.778. The Kier molecular flexibility index (Phi) is 2.83. The Bertz CT molecular complexity index is 201. The van der Waals surface area contributed by atoms with Crippen molar-refractivity contribution in [2.45, 2.75) is 32.1 Å². The molecule has 68 valence electrons. The summed E-state index contributed by atoms with van der Waals surface area (Å²) in [7, 11) is 1.30. The summed E-state index contributed by atoms with van der Waals surface area (Å²) in [4.78, 5) is 0. The first-order chi connectivity index (χ1) is 5.90. The van der Waals surface area contributed by atoms with Gasteiger partial charge in [-0.3, -0.25) is 0 Å². The second-order valence-electron chi connectivity index (χ2n) is 3.97. The van der Waals surface area contributed by atoms with Crippen molar-refractivity contribution in [1.82, 2.24) is 0 Å². The molecular weight excluding hydrogens is 180 g/mol. The van der Waals surface area contributed by atoms with Gasteiger partial charge in [0.05, 0.1) is 0 Å². The van der Waals surface area contributed by atoms with E-state index in [0.717, 1.165) is 12.5 Å². The van der Waals surface area contributed by atoms with Gasteiger partial charge in [0.15, 0.2) is 0 Å². The summed E-state index contributed by atoms with van der Waals surface area (Å²) in [5.41, 5.74) is 3.58. The van der Waals surface area contributed by atoms with Gasteiger partial charge >= 0.3 is 0 Å². The van der Waals surface area contributed by atoms with Crippen LogP contribution in [0.3, 0.4) is 0 Å². The minimum Gasteiger partial charge on any atom is -0.428 e. The van der Waals surface area contributed by atoms with E-state index in [-0.39, 0.29) is 9.28 Å². The summed E-state index contributed by atoms with van der Waals surface area (Å²) in [6, 6.07) is 0. The van der Waals surface area contributed by atoms with E-state index in [9.17, 15) is 0 Å². The summed E-state index contributed by atoms with van der Waals surface area (Å²) in [6.45, 7) is 1.04. The van der Waals surface area contributed by atoms with Crippen LogP contribution in [0.2, 0.25) is 0 Å². The van der Waals surface area contributed by atoms with Crippen molar-refractivity contribution in [3.8, 4) is 0 Å². The van der Waals surface area contributed by atoms with E-state index in [4.69, 9.17) is 4.43 Å². The van der Waals surface area contributed by atoms with Crippen LogP contribution in [0.25, 0.3) is 0 Å². The molecule has 2 bridgehead atoms. The molecule has 0 saturated heterocycles. The highest BCUT2D eigenvalue weighted by Crippen LogP contribution is 2.44. The molecule has 0 aliphatic heterocycles.